The molecule has 174 valence electrons. The first-order chi connectivity index (χ1) is 15.9. The molecule has 0 radical (unpaired) electrons. The van der Waals surface area contributed by atoms with Crippen LogP contribution in [0.15, 0.2) is 29.1 Å². The summed E-state index contributed by atoms with van der Waals surface area (Å²) in [6.45, 7) is 2.12. The summed E-state index contributed by atoms with van der Waals surface area (Å²) in [5.41, 5.74) is 0.266. The third-order valence-corrected chi connectivity index (χ3v) is 6.64. The third-order valence-electron chi connectivity index (χ3n) is 6.34. The summed E-state index contributed by atoms with van der Waals surface area (Å²) < 4.78 is 32.0. The van der Waals surface area contributed by atoms with Crippen LogP contribution < -0.4 is 15.5 Å². The molecule has 8 nitrogen and oxygen atoms in total. The molecule has 11 heteroatoms. The largest absolute Gasteiger partial charge is 0.388 e. The monoisotopic (exact) mass is 476 g/mol. The quantitative estimate of drug-likeness (QED) is 0.609. The van der Waals surface area contributed by atoms with E-state index in [0.717, 1.165) is 23.9 Å². The molecule has 0 spiro atoms. The van der Waals surface area contributed by atoms with Crippen molar-refractivity contribution in [2.45, 2.75) is 51.9 Å². The number of hydrogen-bond acceptors (Lipinski definition) is 6. The van der Waals surface area contributed by atoms with Crippen LogP contribution in [-0.4, -0.2) is 37.1 Å². The number of benzene rings is 1. The topological polar surface area (TPSA) is 79.4 Å². The van der Waals surface area contributed by atoms with E-state index in [-0.39, 0.29) is 41.5 Å². The smallest absolute Gasteiger partial charge is 0.352 e. The number of aliphatic hydroxyl groups is 1. The van der Waals surface area contributed by atoms with Crippen LogP contribution in [0.2, 0.25) is 5.02 Å². The third kappa shape index (κ3) is 3.57. The predicted molar refractivity (Wildman–Crippen MR) is 120 cm³/mol. The van der Waals surface area contributed by atoms with Crippen LogP contribution >= 0.6 is 11.6 Å². The standard InChI is InChI=1S/C22H23ClF2N6O2/c1-2-29-18(11-32)27-31(22(29)33)21-17(25)9-13-10-28(19-15(23)7-4-8-16(19)24)12-30(20(13)26-21)14-5-3-6-14/h4,7-9,14,32H,2-3,5-6,10-12H2,1H3. The summed E-state index contributed by atoms with van der Waals surface area (Å²) in [6.07, 6.45) is 2.93. The molecule has 1 N–H and O–H groups in total. The van der Waals surface area contributed by atoms with Crippen molar-refractivity contribution in [1.82, 2.24) is 19.3 Å². The van der Waals surface area contributed by atoms with Crippen LogP contribution in [0.1, 0.15) is 37.6 Å². The molecule has 1 aromatic carbocycles. The van der Waals surface area contributed by atoms with Crippen LogP contribution in [0.4, 0.5) is 20.3 Å². The van der Waals surface area contributed by atoms with Crippen molar-refractivity contribution in [3.63, 3.8) is 0 Å². The van der Waals surface area contributed by atoms with Crippen LogP contribution in [0.25, 0.3) is 5.82 Å². The van der Waals surface area contributed by atoms with Gasteiger partial charge in [-0.3, -0.25) is 4.57 Å². The van der Waals surface area contributed by atoms with Crippen LogP contribution in [0.5, 0.6) is 0 Å². The first-order valence-electron chi connectivity index (χ1n) is 10.9. The van der Waals surface area contributed by atoms with Gasteiger partial charge in [0, 0.05) is 24.7 Å². The fourth-order valence-electron chi connectivity index (χ4n) is 4.46. The lowest BCUT2D eigenvalue weighted by Gasteiger charge is -2.46. The molecule has 5 rings (SSSR count). The van der Waals surface area contributed by atoms with E-state index in [1.54, 1.807) is 24.0 Å². The summed E-state index contributed by atoms with van der Waals surface area (Å²) in [6, 6.07) is 6.01. The number of pyridine rings is 1. The molecular formula is C22H23ClF2N6O2. The first-order valence-corrected chi connectivity index (χ1v) is 11.3. The number of rotatable bonds is 5. The molecule has 1 saturated carbocycles. The van der Waals surface area contributed by atoms with Crippen LogP contribution in [-0.2, 0) is 19.7 Å². The molecule has 1 aliphatic carbocycles. The summed E-state index contributed by atoms with van der Waals surface area (Å²) in [5.74, 6) is -0.711. The first kappa shape index (κ1) is 21.8. The Bertz CT molecular complexity index is 1250. The SMILES string of the molecule is CCn1c(CO)nn(-c2nc3c(cc2F)CN(c2c(F)cccc2Cl)CN3C2CCC2)c1=O. The Kier molecular flexibility index (Phi) is 5.57. The number of para-hydroxylation sites is 1. The summed E-state index contributed by atoms with van der Waals surface area (Å²) in [7, 11) is 0. The minimum atomic E-state index is -0.726. The molecule has 0 bridgehead atoms. The number of aromatic nitrogens is 4. The maximum atomic E-state index is 15.2. The summed E-state index contributed by atoms with van der Waals surface area (Å²) >= 11 is 6.30. The van der Waals surface area contributed by atoms with Gasteiger partial charge in [-0.15, -0.1) is 5.10 Å². The van der Waals surface area contributed by atoms with Crippen molar-refractivity contribution < 1.29 is 13.9 Å². The van der Waals surface area contributed by atoms with Gasteiger partial charge in [-0.05, 0) is 44.4 Å². The molecule has 0 atom stereocenters. The van der Waals surface area contributed by atoms with Gasteiger partial charge in [-0.25, -0.2) is 18.6 Å². The highest BCUT2D eigenvalue weighted by Crippen LogP contribution is 2.39. The molecule has 3 aromatic rings. The van der Waals surface area contributed by atoms with E-state index in [1.807, 2.05) is 4.90 Å². The Morgan fingerprint density at radius 3 is 2.61 bits per heavy atom. The lowest BCUT2D eigenvalue weighted by atomic mass is 9.91. The zero-order chi connectivity index (χ0) is 23.3. The average molecular weight is 477 g/mol. The van der Waals surface area contributed by atoms with E-state index in [1.165, 1.54) is 16.7 Å². The number of aliphatic hydroxyl groups excluding tert-OH is 1. The maximum absolute atomic E-state index is 15.2. The fraction of sp³-hybridized carbons (Fsp3) is 0.409. The zero-order valence-corrected chi connectivity index (χ0v) is 18.8. The molecule has 33 heavy (non-hydrogen) atoms. The Morgan fingerprint density at radius 1 is 1.21 bits per heavy atom. The van der Waals surface area contributed by atoms with E-state index in [4.69, 9.17) is 11.6 Å². The Hall–Kier alpha value is -2.98. The zero-order valence-electron chi connectivity index (χ0n) is 18.0. The molecule has 2 aliphatic rings. The number of halogens is 3. The van der Waals surface area contributed by atoms with Crippen molar-refractivity contribution in [2.75, 3.05) is 16.5 Å². The van der Waals surface area contributed by atoms with E-state index in [0.29, 0.717) is 18.1 Å². The van der Waals surface area contributed by atoms with Crippen molar-refractivity contribution in [1.29, 1.82) is 0 Å². The molecule has 0 unspecified atom stereocenters. The molecule has 0 amide bonds. The summed E-state index contributed by atoms with van der Waals surface area (Å²) in [4.78, 5) is 21.1. The highest BCUT2D eigenvalue weighted by atomic mass is 35.5. The Morgan fingerprint density at radius 2 is 2.00 bits per heavy atom. The van der Waals surface area contributed by atoms with Crippen molar-refractivity contribution in [2.24, 2.45) is 0 Å². The number of anilines is 2. The second-order valence-corrected chi connectivity index (χ2v) is 8.66. The minimum Gasteiger partial charge on any atom is -0.388 e. The summed E-state index contributed by atoms with van der Waals surface area (Å²) in [5, 5.41) is 13.9. The van der Waals surface area contributed by atoms with E-state index in [9.17, 15) is 14.3 Å². The van der Waals surface area contributed by atoms with E-state index in [2.05, 4.69) is 10.1 Å². The van der Waals surface area contributed by atoms with Crippen molar-refractivity contribution in [3.8, 4) is 5.82 Å². The van der Waals surface area contributed by atoms with Gasteiger partial charge < -0.3 is 14.9 Å². The van der Waals surface area contributed by atoms with Crippen LogP contribution in [0, 0.1) is 11.6 Å². The number of fused-ring (bicyclic) bond motifs is 1. The molecular weight excluding hydrogens is 454 g/mol. The Labute approximate surface area is 193 Å². The van der Waals surface area contributed by atoms with Gasteiger partial charge in [0.25, 0.3) is 0 Å². The van der Waals surface area contributed by atoms with Crippen molar-refractivity contribution in [3.05, 3.63) is 62.8 Å². The van der Waals surface area contributed by atoms with Gasteiger partial charge in [0.2, 0.25) is 0 Å². The second kappa shape index (κ2) is 8.42. The molecule has 1 aliphatic heterocycles. The number of hydrogen-bond donors (Lipinski definition) is 1. The van der Waals surface area contributed by atoms with Gasteiger partial charge in [0.05, 0.1) is 17.4 Å². The highest BCUT2D eigenvalue weighted by molar-refractivity contribution is 6.33. The van der Waals surface area contributed by atoms with Gasteiger partial charge in [0.15, 0.2) is 17.5 Å². The van der Waals surface area contributed by atoms with Gasteiger partial charge in [-0.1, -0.05) is 17.7 Å². The van der Waals surface area contributed by atoms with Gasteiger partial charge in [0.1, 0.15) is 18.2 Å². The van der Waals surface area contributed by atoms with E-state index < -0.39 is 23.9 Å². The molecule has 3 heterocycles. The maximum Gasteiger partial charge on any atom is 0.352 e. The number of nitrogens with zero attached hydrogens (tertiary/aromatic N) is 6. The lowest BCUT2D eigenvalue weighted by Crippen LogP contribution is -2.51. The van der Waals surface area contributed by atoms with Gasteiger partial charge in [-0.2, -0.15) is 4.68 Å². The molecule has 2 aromatic heterocycles. The van der Waals surface area contributed by atoms with Gasteiger partial charge >= 0.3 is 5.69 Å². The van der Waals surface area contributed by atoms with E-state index >= 15 is 4.39 Å². The highest BCUT2D eigenvalue weighted by Gasteiger charge is 2.35. The normalized spacial score (nSPS) is 16.2. The Balaban J connectivity index is 1.62. The average Bonchev–Trinajstić information content (AvgIpc) is 3.07. The lowest BCUT2D eigenvalue weighted by molar-refractivity contribution is 0.264. The molecule has 0 saturated heterocycles. The second-order valence-electron chi connectivity index (χ2n) is 8.25. The minimum absolute atomic E-state index is 0.137. The van der Waals surface area contributed by atoms with Crippen LogP contribution in [0.3, 0.4) is 0 Å². The fourth-order valence-corrected chi connectivity index (χ4v) is 4.75. The van der Waals surface area contributed by atoms with Crippen molar-refractivity contribution >= 4 is 23.1 Å². The molecule has 1 fully saturated rings. The predicted octanol–water partition coefficient (Wildman–Crippen LogP) is 3.21.